The van der Waals surface area contributed by atoms with Gasteiger partial charge in [0, 0.05) is 13.1 Å². The van der Waals surface area contributed by atoms with Crippen molar-refractivity contribution in [1.29, 1.82) is 0 Å². The van der Waals surface area contributed by atoms with Crippen molar-refractivity contribution in [2.75, 3.05) is 26.3 Å². The molecule has 0 aliphatic carbocycles. The molecular formula is C21H28N4O3. The Morgan fingerprint density at radius 1 is 1.07 bits per heavy atom. The van der Waals surface area contributed by atoms with Crippen molar-refractivity contribution in [2.45, 2.75) is 20.1 Å². The monoisotopic (exact) mass is 384 g/mol. The Bertz CT molecular complexity index is 750. The highest BCUT2D eigenvalue weighted by atomic mass is 16.5. The molecule has 0 fully saturated rings. The van der Waals surface area contributed by atoms with Gasteiger partial charge in [-0.1, -0.05) is 42.5 Å². The van der Waals surface area contributed by atoms with Crippen molar-refractivity contribution in [3.63, 3.8) is 0 Å². The van der Waals surface area contributed by atoms with E-state index in [-0.39, 0.29) is 6.61 Å². The maximum absolute atomic E-state index is 10.8. The number of rotatable bonds is 11. The second-order valence-electron chi connectivity index (χ2n) is 6.06. The quantitative estimate of drug-likeness (QED) is 0.312. The van der Waals surface area contributed by atoms with Gasteiger partial charge in [-0.15, -0.1) is 0 Å². The van der Waals surface area contributed by atoms with Gasteiger partial charge in [-0.05, 0) is 30.2 Å². The molecule has 0 unspecified atom stereocenters. The van der Waals surface area contributed by atoms with Crippen LogP contribution in [0.1, 0.15) is 18.1 Å². The number of nitrogens with two attached hydrogens (primary N) is 1. The van der Waals surface area contributed by atoms with Crippen LogP contribution >= 0.6 is 0 Å². The fourth-order valence-corrected chi connectivity index (χ4v) is 2.41. The maximum Gasteiger partial charge on any atom is 0.255 e. The Morgan fingerprint density at radius 2 is 1.86 bits per heavy atom. The van der Waals surface area contributed by atoms with Crippen LogP contribution in [0.2, 0.25) is 0 Å². The zero-order valence-corrected chi connectivity index (χ0v) is 16.2. The zero-order valence-electron chi connectivity index (χ0n) is 16.2. The number of carbonyl (C=O) groups excluding carboxylic acids is 1. The van der Waals surface area contributed by atoms with E-state index < -0.39 is 5.91 Å². The first-order chi connectivity index (χ1) is 13.7. The van der Waals surface area contributed by atoms with E-state index in [2.05, 4.69) is 15.6 Å². The third-order valence-corrected chi connectivity index (χ3v) is 3.69. The summed E-state index contributed by atoms with van der Waals surface area (Å²) in [7, 11) is 0. The average Bonchev–Trinajstić information content (AvgIpc) is 2.71. The lowest BCUT2D eigenvalue weighted by molar-refractivity contribution is -0.119. The van der Waals surface area contributed by atoms with Crippen LogP contribution in [0, 0.1) is 0 Å². The van der Waals surface area contributed by atoms with Crippen molar-refractivity contribution in [1.82, 2.24) is 10.6 Å². The number of nitrogens with zero attached hydrogens (tertiary/aromatic N) is 1. The van der Waals surface area contributed by atoms with E-state index in [1.165, 1.54) is 0 Å². The van der Waals surface area contributed by atoms with E-state index in [1.54, 1.807) is 6.07 Å². The molecule has 0 atom stereocenters. The lowest BCUT2D eigenvalue weighted by atomic mass is 10.2. The molecule has 7 heteroatoms. The molecule has 2 aromatic rings. The molecule has 0 aromatic heterocycles. The topological polar surface area (TPSA) is 98.0 Å². The average molecular weight is 384 g/mol. The Kier molecular flexibility index (Phi) is 9.37. The van der Waals surface area contributed by atoms with Crippen molar-refractivity contribution in [2.24, 2.45) is 10.7 Å². The summed E-state index contributed by atoms with van der Waals surface area (Å²) < 4.78 is 11.0. The van der Waals surface area contributed by atoms with Crippen LogP contribution in [-0.4, -0.2) is 38.2 Å². The summed E-state index contributed by atoms with van der Waals surface area (Å²) in [5.41, 5.74) is 7.22. The molecule has 0 saturated carbocycles. The summed E-state index contributed by atoms with van der Waals surface area (Å²) >= 11 is 0. The number of benzene rings is 2. The molecule has 0 aliphatic rings. The molecule has 4 N–H and O–H groups in total. The van der Waals surface area contributed by atoms with Crippen molar-refractivity contribution in [3.05, 3.63) is 65.7 Å². The van der Waals surface area contributed by atoms with Gasteiger partial charge in [0.25, 0.3) is 5.91 Å². The first-order valence-corrected chi connectivity index (χ1v) is 9.31. The van der Waals surface area contributed by atoms with E-state index in [9.17, 15) is 4.79 Å². The molecule has 0 radical (unpaired) electrons. The van der Waals surface area contributed by atoms with Crippen LogP contribution in [-0.2, 0) is 22.7 Å². The third-order valence-electron chi connectivity index (χ3n) is 3.69. The highest BCUT2D eigenvalue weighted by Crippen LogP contribution is 2.13. The fraction of sp³-hybridized carbons (Fsp3) is 0.333. The molecule has 0 bridgehead atoms. The van der Waals surface area contributed by atoms with Crippen LogP contribution in [0.25, 0.3) is 0 Å². The second kappa shape index (κ2) is 12.3. The SMILES string of the molecule is CCNC(=NCc1cccc(OCC(N)=O)c1)NCCOCc1ccccc1. The van der Waals surface area contributed by atoms with Gasteiger partial charge in [0.2, 0.25) is 0 Å². The van der Waals surface area contributed by atoms with Gasteiger partial charge >= 0.3 is 0 Å². The highest BCUT2D eigenvalue weighted by Gasteiger charge is 2.01. The molecule has 1 amide bonds. The summed E-state index contributed by atoms with van der Waals surface area (Å²) in [5, 5.41) is 6.46. The lowest BCUT2D eigenvalue weighted by Gasteiger charge is -2.12. The minimum atomic E-state index is -0.503. The van der Waals surface area contributed by atoms with Gasteiger partial charge in [0.15, 0.2) is 12.6 Å². The first kappa shape index (κ1) is 21.2. The van der Waals surface area contributed by atoms with Crippen molar-refractivity contribution < 1.29 is 14.3 Å². The van der Waals surface area contributed by atoms with Gasteiger partial charge in [0.05, 0.1) is 19.8 Å². The standard InChI is InChI=1S/C21H28N4O3/c1-2-23-21(24-11-12-27-15-17-7-4-3-5-8-17)25-14-18-9-6-10-19(13-18)28-16-20(22)26/h3-10,13H,2,11-12,14-16H2,1H3,(H2,22,26)(H2,23,24,25). The molecule has 0 heterocycles. The minimum absolute atomic E-state index is 0.139. The lowest BCUT2D eigenvalue weighted by Crippen LogP contribution is -2.38. The predicted octanol–water partition coefficient (Wildman–Crippen LogP) is 1.82. The normalized spacial score (nSPS) is 11.1. The van der Waals surface area contributed by atoms with E-state index in [0.29, 0.717) is 38.0 Å². The van der Waals surface area contributed by atoms with Crippen LogP contribution in [0.4, 0.5) is 0 Å². The Hall–Kier alpha value is -3.06. The molecule has 150 valence electrons. The minimum Gasteiger partial charge on any atom is -0.484 e. The number of amides is 1. The number of hydrogen-bond acceptors (Lipinski definition) is 4. The number of primary amides is 1. The van der Waals surface area contributed by atoms with Crippen molar-refractivity contribution >= 4 is 11.9 Å². The Morgan fingerprint density at radius 3 is 2.61 bits per heavy atom. The molecule has 0 saturated heterocycles. The molecule has 0 aliphatic heterocycles. The van der Waals surface area contributed by atoms with E-state index >= 15 is 0 Å². The smallest absolute Gasteiger partial charge is 0.255 e. The summed E-state index contributed by atoms with van der Waals surface area (Å²) in [6, 6.07) is 17.5. The van der Waals surface area contributed by atoms with E-state index in [0.717, 1.165) is 17.7 Å². The molecule has 2 aromatic carbocycles. The van der Waals surface area contributed by atoms with Crippen LogP contribution in [0.3, 0.4) is 0 Å². The van der Waals surface area contributed by atoms with Gasteiger partial charge in [-0.2, -0.15) is 0 Å². The number of hydrogen-bond donors (Lipinski definition) is 3. The predicted molar refractivity (Wildman–Crippen MR) is 110 cm³/mol. The molecule has 0 spiro atoms. The fourth-order valence-electron chi connectivity index (χ4n) is 2.41. The molecule has 7 nitrogen and oxygen atoms in total. The highest BCUT2D eigenvalue weighted by molar-refractivity contribution is 5.79. The third kappa shape index (κ3) is 8.55. The number of aliphatic imine (C=N–C) groups is 1. The number of guanidine groups is 1. The summed E-state index contributed by atoms with van der Waals surface area (Å²) in [5.74, 6) is 0.810. The van der Waals surface area contributed by atoms with Crippen LogP contribution < -0.4 is 21.1 Å². The van der Waals surface area contributed by atoms with Crippen LogP contribution in [0.15, 0.2) is 59.6 Å². The Labute approximate surface area is 165 Å². The molecular weight excluding hydrogens is 356 g/mol. The van der Waals surface area contributed by atoms with Crippen molar-refractivity contribution in [3.8, 4) is 5.75 Å². The van der Waals surface area contributed by atoms with Gasteiger partial charge < -0.3 is 25.8 Å². The maximum atomic E-state index is 10.8. The van der Waals surface area contributed by atoms with E-state index in [4.69, 9.17) is 15.2 Å². The van der Waals surface area contributed by atoms with Gasteiger partial charge in [-0.3, -0.25) is 4.79 Å². The van der Waals surface area contributed by atoms with Crippen LogP contribution in [0.5, 0.6) is 5.75 Å². The summed E-state index contributed by atoms with van der Waals surface area (Å²) in [6.07, 6.45) is 0. The largest absolute Gasteiger partial charge is 0.484 e. The molecule has 28 heavy (non-hydrogen) atoms. The van der Waals surface area contributed by atoms with Gasteiger partial charge in [0.1, 0.15) is 5.75 Å². The first-order valence-electron chi connectivity index (χ1n) is 9.31. The number of nitrogens with one attached hydrogen (secondary N) is 2. The van der Waals surface area contributed by atoms with E-state index in [1.807, 2.05) is 55.5 Å². The van der Waals surface area contributed by atoms with Gasteiger partial charge in [-0.25, -0.2) is 4.99 Å². The Balaban J connectivity index is 1.78. The number of ether oxygens (including phenoxy) is 2. The second-order valence-corrected chi connectivity index (χ2v) is 6.06. The number of carbonyl (C=O) groups is 1. The molecule has 2 rings (SSSR count). The zero-order chi connectivity index (χ0) is 20.0. The summed E-state index contributed by atoms with van der Waals surface area (Å²) in [4.78, 5) is 15.4. The summed E-state index contributed by atoms with van der Waals surface area (Å²) in [6.45, 7) is 4.94.